The zero-order valence-electron chi connectivity index (χ0n) is 11.5. The number of benzene rings is 3. The van der Waals surface area contributed by atoms with E-state index in [0.29, 0.717) is 0 Å². The number of rotatable bonds is 1. The van der Waals surface area contributed by atoms with Gasteiger partial charge in [0.2, 0.25) is 0 Å². The lowest BCUT2D eigenvalue weighted by Crippen LogP contribution is -1.84. The van der Waals surface area contributed by atoms with Gasteiger partial charge in [0.15, 0.2) is 0 Å². The summed E-state index contributed by atoms with van der Waals surface area (Å²) in [5, 5.41) is 5.04. The number of hydrogen-bond donors (Lipinski definition) is 1. The monoisotopic (exact) mass is 261 g/mol. The second-order valence-electron chi connectivity index (χ2n) is 5.20. The van der Waals surface area contributed by atoms with Crippen molar-refractivity contribution in [1.29, 1.82) is 0 Å². The van der Waals surface area contributed by atoms with E-state index in [1.807, 2.05) is 6.07 Å². The van der Waals surface area contributed by atoms with Crippen molar-refractivity contribution in [1.82, 2.24) is 4.98 Å². The Labute approximate surface area is 117 Å². The van der Waals surface area contributed by atoms with Crippen LogP contribution in [0.1, 0.15) is 5.56 Å². The van der Waals surface area contributed by atoms with Crippen molar-refractivity contribution in [2.45, 2.75) is 6.92 Å². The number of aromatic nitrogens is 1. The molecule has 20 heavy (non-hydrogen) atoms. The maximum atomic E-state index is 5.38. The van der Waals surface area contributed by atoms with Gasteiger partial charge in [0.05, 0.1) is 12.6 Å². The molecule has 0 bridgehead atoms. The zero-order valence-corrected chi connectivity index (χ0v) is 11.5. The highest BCUT2D eigenvalue weighted by Crippen LogP contribution is 2.35. The minimum absolute atomic E-state index is 0.896. The number of ether oxygens (including phenoxy) is 1. The largest absolute Gasteiger partial charge is 0.497 e. The highest BCUT2D eigenvalue weighted by atomic mass is 16.5. The Morgan fingerprint density at radius 2 is 1.80 bits per heavy atom. The lowest BCUT2D eigenvalue weighted by Gasteiger charge is -2.06. The van der Waals surface area contributed by atoms with Crippen LogP contribution in [0.5, 0.6) is 5.75 Å². The number of methoxy groups -OCH3 is 1. The maximum absolute atomic E-state index is 5.38. The molecule has 1 aromatic heterocycles. The highest BCUT2D eigenvalue weighted by Gasteiger charge is 2.11. The lowest BCUT2D eigenvalue weighted by molar-refractivity contribution is 0.415. The molecule has 0 spiro atoms. The Morgan fingerprint density at radius 3 is 2.65 bits per heavy atom. The van der Waals surface area contributed by atoms with Crippen molar-refractivity contribution in [3.8, 4) is 5.75 Å². The van der Waals surface area contributed by atoms with E-state index in [4.69, 9.17) is 4.74 Å². The van der Waals surface area contributed by atoms with E-state index in [0.717, 1.165) is 5.75 Å². The van der Waals surface area contributed by atoms with Gasteiger partial charge in [-0.1, -0.05) is 24.3 Å². The van der Waals surface area contributed by atoms with Gasteiger partial charge in [-0.05, 0) is 47.5 Å². The van der Waals surface area contributed by atoms with Gasteiger partial charge in [0.1, 0.15) is 5.75 Å². The minimum Gasteiger partial charge on any atom is -0.497 e. The molecule has 0 amide bonds. The molecule has 4 rings (SSSR count). The van der Waals surface area contributed by atoms with E-state index in [1.54, 1.807) is 7.11 Å². The van der Waals surface area contributed by atoms with E-state index in [9.17, 15) is 0 Å². The fourth-order valence-electron chi connectivity index (χ4n) is 3.03. The van der Waals surface area contributed by atoms with E-state index in [2.05, 4.69) is 54.4 Å². The molecule has 1 heterocycles. The summed E-state index contributed by atoms with van der Waals surface area (Å²) in [7, 11) is 1.71. The number of hydrogen-bond acceptors (Lipinski definition) is 1. The van der Waals surface area contributed by atoms with Crippen molar-refractivity contribution in [2.75, 3.05) is 7.11 Å². The molecule has 2 nitrogen and oxygen atoms in total. The number of aromatic amines is 1. The summed E-state index contributed by atoms with van der Waals surface area (Å²) in [6.45, 7) is 2.15. The van der Waals surface area contributed by atoms with Crippen LogP contribution in [0.3, 0.4) is 0 Å². The molecule has 0 saturated heterocycles. The first-order valence-electron chi connectivity index (χ1n) is 6.76. The third-order valence-electron chi connectivity index (χ3n) is 4.00. The molecule has 2 heteroatoms. The van der Waals surface area contributed by atoms with Crippen LogP contribution in [0.15, 0.2) is 48.5 Å². The number of H-pyrrole nitrogens is 1. The van der Waals surface area contributed by atoms with Crippen LogP contribution in [0, 0.1) is 6.92 Å². The number of aryl methyl sites for hydroxylation is 1. The predicted octanol–water partition coefficient (Wildman–Crippen LogP) is 4.79. The van der Waals surface area contributed by atoms with Crippen molar-refractivity contribution in [3.63, 3.8) is 0 Å². The van der Waals surface area contributed by atoms with Gasteiger partial charge in [-0.15, -0.1) is 0 Å². The molecule has 4 aromatic rings. The summed E-state index contributed by atoms with van der Waals surface area (Å²) in [5.41, 5.74) is 3.67. The molecule has 0 aliphatic rings. The molecule has 98 valence electrons. The molecular formula is C18H15NO. The number of nitrogens with one attached hydrogen (secondary N) is 1. The van der Waals surface area contributed by atoms with E-state index in [-0.39, 0.29) is 0 Å². The number of para-hydroxylation sites is 1. The van der Waals surface area contributed by atoms with Crippen LogP contribution in [-0.4, -0.2) is 12.1 Å². The fraction of sp³-hybridized carbons (Fsp3) is 0.111. The van der Waals surface area contributed by atoms with Crippen molar-refractivity contribution < 1.29 is 4.74 Å². The van der Waals surface area contributed by atoms with Gasteiger partial charge >= 0.3 is 0 Å². The Morgan fingerprint density at radius 1 is 0.950 bits per heavy atom. The van der Waals surface area contributed by atoms with E-state index >= 15 is 0 Å². The Hall–Kier alpha value is -2.48. The minimum atomic E-state index is 0.896. The molecule has 0 saturated carbocycles. The average Bonchev–Trinajstić information content (AvgIpc) is 2.87. The zero-order chi connectivity index (χ0) is 13.7. The van der Waals surface area contributed by atoms with Crippen LogP contribution in [-0.2, 0) is 0 Å². The summed E-state index contributed by atoms with van der Waals surface area (Å²) in [6.07, 6.45) is 0. The second-order valence-corrected chi connectivity index (χ2v) is 5.20. The summed E-state index contributed by atoms with van der Waals surface area (Å²) in [4.78, 5) is 3.54. The molecule has 0 atom stereocenters. The Balaban J connectivity index is 2.31. The Kier molecular flexibility index (Phi) is 2.27. The first-order chi connectivity index (χ1) is 9.78. The van der Waals surface area contributed by atoms with Gasteiger partial charge < -0.3 is 9.72 Å². The van der Waals surface area contributed by atoms with Gasteiger partial charge in [0, 0.05) is 16.3 Å². The van der Waals surface area contributed by atoms with Gasteiger partial charge in [0.25, 0.3) is 0 Å². The normalized spacial score (nSPS) is 11.5. The van der Waals surface area contributed by atoms with Crippen LogP contribution >= 0.6 is 0 Å². The van der Waals surface area contributed by atoms with Crippen LogP contribution in [0.25, 0.3) is 32.6 Å². The smallest absolute Gasteiger partial charge is 0.119 e. The number of fused-ring (bicyclic) bond motifs is 5. The third kappa shape index (κ3) is 1.45. The second kappa shape index (κ2) is 4.01. The van der Waals surface area contributed by atoms with Crippen LogP contribution in [0.2, 0.25) is 0 Å². The first kappa shape index (κ1) is 11.4. The quantitative estimate of drug-likeness (QED) is 0.523. The SMILES string of the molecule is COc1ccc2cc(C)c3[nH]c4ccccc4c3c2c1. The van der Waals surface area contributed by atoms with Crippen molar-refractivity contribution >= 4 is 32.6 Å². The average molecular weight is 261 g/mol. The molecule has 0 radical (unpaired) electrons. The first-order valence-corrected chi connectivity index (χ1v) is 6.76. The topological polar surface area (TPSA) is 25.0 Å². The van der Waals surface area contributed by atoms with E-state index < -0.39 is 0 Å². The molecule has 1 N–H and O–H groups in total. The molecule has 0 fully saturated rings. The summed E-state index contributed by atoms with van der Waals surface area (Å²) >= 11 is 0. The highest BCUT2D eigenvalue weighted by molar-refractivity contribution is 6.21. The summed E-state index contributed by atoms with van der Waals surface area (Å²) < 4.78 is 5.38. The van der Waals surface area contributed by atoms with Crippen LogP contribution in [0.4, 0.5) is 0 Å². The van der Waals surface area contributed by atoms with Crippen molar-refractivity contribution in [2.24, 2.45) is 0 Å². The molecule has 0 aliphatic heterocycles. The van der Waals surface area contributed by atoms with Gasteiger partial charge in [-0.3, -0.25) is 0 Å². The third-order valence-corrected chi connectivity index (χ3v) is 4.00. The molecule has 3 aromatic carbocycles. The lowest BCUT2D eigenvalue weighted by atomic mass is 10.0. The van der Waals surface area contributed by atoms with Crippen LogP contribution < -0.4 is 4.74 Å². The predicted molar refractivity (Wildman–Crippen MR) is 84.6 cm³/mol. The van der Waals surface area contributed by atoms with Gasteiger partial charge in [-0.25, -0.2) is 0 Å². The van der Waals surface area contributed by atoms with Gasteiger partial charge in [-0.2, -0.15) is 0 Å². The molecule has 0 unspecified atom stereocenters. The standard InChI is InChI=1S/C18H15NO/c1-11-9-12-7-8-13(20-2)10-15(12)17-14-5-3-4-6-16(14)19-18(11)17/h3-10,19H,1-2H3. The maximum Gasteiger partial charge on any atom is 0.119 e. The Bertz CT molecular complexity index is 950. The summed E-state index contributed by atoms with van der Waals surface area (Å²) in [6, 6.07) is 16.9. The fourth-order valence-corrected chi connectivity index (χ4v) is 3.03. The summed E-state index contributed by atoms with van der Waals surface area (Å²) in [5.74, 6) is 0.896. The van der Waals surface area contributed by atoms with E-state index in [1.165, 1.54) is 38.1 Å². The molecule has 0 aliphatic carbocycles. The van der Waals surface area contributed by atoms with Crippen molar-refractivity contribution in [3.05, 3.63) is 54.1 Å². The molecular weight excluding hydrogens is 246 g/mol.